The Balaban J connectivity index is 1.52. The van der Waals surface area contributed by atoms with E-state index in [0.29, 0.717) is 11.4 Å². The Morgan fingerprint density at radius 1 is 1.29 bits per heavy atom. The summed E-state index contributed by atoms with van der Waals surface area (Å²) in [5, 5.41) is 4.44. The van der Waals surface area contributed by atoms with E-state index in [1.807, 2.05) is 50.8 Å². The third-order valence-corrected chi connectivity index (χ3v) is 5.52. The van der Waals surface area contributed by atoms with Gasteiger partial charge >= 0.3 is 0 Å². The summed E-state index contributed by atoms with van der Waals surface area (Å²) in [5.74, 6) is 1.61. The molecular formula is C21H26N6O. The number of imidazole rings is 1. The standard InChI is InChI=1S/C21H26N6O/c1-16-23-20(24-25(16)2)17-6-5-7-18(14-17)21(28)27-11-4-3-8-19(27)9-12-26-13-10-22-15-26/h5-7,10,13-15,19H,3-4,8-9,11-12H2,1-2H3. The third kappa shape index (κ3) is 3.83. The fraction of sp³-hybridized carbons (Fsp3) is 0.429. The van der Waals surface area contributed by atoms with Crippen LogP contribution >= 0.6 is 0 Å². The number of nitrogens with zero attached hydrogens (tertiary/aromatic N) is 6. The van der Waals surface area contributed by atoms with Crippen LogP contribution in [0.5, 0.6) is 0 Å². The molecule has 1 fully saturated rings. The molecule has 1 atom stereocenters. The van der Waals surface area contributed by atoms with Gasteiger partial charge in [-0.1, -0.05) is 12.1 Å². The second-order valence-electron chi connectivity index (χ2n) is 7.42. The van der Waals surface area contributed by atoms with Gasteiger partial charge in [0.05, 0.1) is 6.33 Å². The van der Waals surface area contributed by atoms with Crippen LogP contribution in [0.15, 0.2) is 43.0 Å². The smallest absolute Gasteiger partial charge is 0.254 e. The van der Waals surface area contributed by atoms with Crippen molar-refractivity contribution >= 4 is 5.91 Å². The van der Waals surface area contributed by atoms with Crippen LogP contribution in [0.3, 0.4) is 0 Å². The molecule has 1 aromatic carbocycles. The van der Waals surface area contributed by atoms with Crippen molar-refractivity contribution in [2.45, 2.75) is 45.2 Å². The van der Waals surface area contributed by atoms with Crippen LogP contribution in [0.2, 0.25) is 0 Å². The zero-order valence-electron chi connectivity index (χ0n) is 16.5. The molecule has 1 saturated heterocycles. The molecular weight excluding hydrogens is 352 g/mol. The number of carbonyl (C=O) groups is 1. The molecule has 1 amide bonds. The van der Waals surface area contributed by atoms with Crippen LogP contribution in [-0.4, -0.2) is 47.7 Å². The maximum atomic E-state index is 13.3. The molecule has 0 radical (unpaired) electrons. The van der Waals surface area contributed by atoms with Gasteiger partial charge in [-0.2, -0.15) is 5.10 Å². The second kappa shape index (κ2) is 7.96. The van der Waals surface area contributed by atoms with Crippen molar-refractivity contribution in [2.75, 3.05) is 6.54 Å². The van der Waals surface area contributed by atoms with Gasteiger partial charge in [0.25, 0.3) is 5.91 Å². The van der Waals surface area contributed by atoms with Gasteiger partial charge in [-0.15, -0.1) is 0 Å². The lowest BCUT2D eigenvalue weighted by molar-refractivity contribution is 0.0595. The molecule has 7 nitrogen and oxygen atoms in total. The average molecular weight is 378 g/mol. The summed E-state index contributed by atoms with van der Waals surface area (Å²) in [6.07, 6.45) is 9.84. The van der Waals surface area contributed by atoms with Gasteiger partial charge < -0.3 is 9.47 Å². The number of benzene rings is 1. The lowest BCUT2D eigenvalue weighted by Gasteiger charge is -2.36. The highest BCUT2D eigenvalue weighted by atomic mass is 16.2. The Hall–Kier alpha value is -2.96. The Bertz CT molecular complexity index is 926. The minimum Gasteiger partial charge on any atom is -0.337 e. The number of aromatic nitrogens is 5. The van der Waals surface area contributed by atoms with Crippen molar-refractivity contribution < 1.29 is 4.79 Å². The Labute approximate surface area is 165 Å². The number of carbonyl (C=O) groups excluding carboxylic acids is 1. The van der Waals surface area contributed by atoms with E-state index in [4.69, 9.17) is 0 Å². The van der Waals surface area contributed by atoms with Crippen LogP contribution in [0.4, 0.5) is 0 Å². The highest BCUT2D eigenvalue weighted by Crippen LogP contribution is 2.24. The van der Waals surface area contributed by atoms with E-state index in [9.17, 15) is 4.79 Å². The predicted octanol–water partition coefficient (Wildman–Crippen LogP) is 3.07. The first-order valence-electron chi connectivity index (χ1n) is 9.86. The lowest BCUT2D eigenvalue weighted by Crippen LogP contribution is -2.44. The summed E-state index contributed by atoms with van der Waals surface area (Å²) in [4.78, 5) is 23.9. The molecule has 4 rings (SSSR count). The first-order valence-corrected chi connectivity index (χ1v) is 9.86. The molecule has 28 heavy (non-hydrogen) atoms. The molecule has 7 heteroatoms. The summed E-state index contributed by atoms with van der Waals surface area (Å²) >= 11 is 0. The van der Waals surface area contributed by atoms with Gasteiger partial charge in [-0.3, -0.25) is 9.48 Å². The van der Waals surface area contributed by atoms with Crippen molar-refractivity contribution in [3.63, 3.8) is 0 Å². The molecule has 0 aliphatic carbocycles. The molecule has 1 unspecified atom stereocenters. The average Bonchev–Trinajstić information content (AvgIpc) is 3.36. The zero-order chi connectivity index (χ0) is 19.5. The quantitative estimate of drug-likeness (QED) is 0.684. The summed E-state index contributed by atoms with van der Waals surface area (Å²) in [5.41, 5.74) is 1.58. The second-order valence-corrected chi connectivity index (χ2v) is 7.42. The summed E-state index contributed by atoms with van der Waals surface area (Å²) in [6.45, 7) is 3.62. The summed E-state index contributed by atoms with van der Waals surface area (Å²) in [7, 11) is 1.87. The number of likely N-dealkylation sites (tertiary alicyclic amines) is 1. The third-order valence-electron chi connectivity index (χ3n) is 5.52. The fourth-order valence-corrected chi connectivity index (χ4v) is 3.83. The predicted molar refractivity (Wildman–Crippen MR) is 107 cm³/mol. The van der Waals surface area contributed by atoms with Gasteiger partial charge in [0.2, 0.25) is 0 Å². The summed E-state index contributed by atoms with van der Waals surface area (Å²) < 4.78 is 3.83. The molecule has 0 saturated carbocycles. The summed E-state index contributed by atoms with van der Waals surface area (Å²) in [6, 6.07) is 7.95. The van der Waals surface area contributed by atoms with Gasteiger partial charge in [0.15, 0.2) is 5.82 Å². The van der Waals surface area contributed by atoms with Crippen molar-refractivity contribution in [3.8, 4) is 11.4 Å². The molecule has 1 aliphatic heterocycles. The lowest BCUT2D eigenvalue weighted by atomic mass is 9.97. The van der Waals surface area contributed by atoms with E-state index in [1.165, 1.54) is 6.42 Å². The van der Waals surface area contributed by atoms with E-state index in [1.54, 1.807) is 10.9 Å². The van der Waals surface area contributed by atoms with Crippen LogP contribution in [0.1, 0.15) is 41.9 Å². The first kappa shape index (κ1) is 18.4. The van der Waals surface area contributed by atoms with Crippen molar-refractivity contribution in [1.82, 2.24) is 29.2 Å². The normalized spacial score (nSPS) is 17.1. The number of amides is 1. The SMILES string of the molecule is Cc1nc(-c2cccc(C(=O)N3CCCCC3CCn3ccnc3)c2)nn1C. The van der Waals surface area contributed by atoms with E-state index in [2.05, 4.69) is 24.5 Å². The van der Waals surface area contributed by atoms with E-state index >= 15 is 0 Å². The van der Waals surface area contributed by atoms with Crippen molar-refractivity contribution in [1.29, 1.82) is 0 Å². The maximum Gasteiger partial charge on any atom is 0.254 e. The maximum absolute atomic E-state index is 13.3. The number of piperidine rings is 1. The highest BCUT2D eigenvalue weighted by molar-refractivity contribution is 5.95. The largest absolute Gasteiger partial charge is 0.337 e. The molecule has 2 aromatic heterocycles. The minimum absolute atomic E-state index is 0.102. The van der Waals surface area contributed by atoms with Gasteiger partial charge in [0.1, 0.15) is 5.82 Å². The molecule has 3 aromatic rings. The number of hydrogen-bond acceptors (Lipinski definition) is 4. The van der Waals surface area contributed by atoms with Crippen molar-refractivity contribution in [3.05, 3.63) is 54.4 Å². The molecule has 3 heterocycles. The van der Waals surface area contributed by atoms with Gasteiger partial charge in [0, 0.05) is 49.7 Å². The Morgan fingerprint density at radius 3 is 2.93 bits per heavy atom. The topological polar surface area (TPSA) is 68.8 Å². The number of aryl methyl sites for hydroxylation is 3. The molecule has 0 bridgehead atoms. The van der Waals surface area contributed by atoms with E-state index < -0.39 is 0 Å². The number of rotatable bonds is 5. The molecule has 146 valence electrons. The van der Waals surface area contributed by atoms with Crippen LogP contribution in [-0.2, 0) is 13.6 Å². The zero-order valence-corrected chi connectivity index (χ0v) is 16.5. The number of hydrogen-bond donors (Lipinski definition) is 0. The molecule has 1 aliphatic rings. The monoisotopic (exact) mass is 378 g/mol. The van der Waals surface area contributed by atoms with E-state index in [-0.39, 0.29) is 11.9 Å². The van der Waals surface area contributed by atoms with Gasteiger partial charge in [-0.05, 0) is 44.7 Å². The Kier molecular flexibility index (Phi) is 5.23. The van der Waals surface area contributed by atoms with Crippen LogP contribution in [0.25, 0.3) is 11.4 Å². The Morgan fingerprint density at radius 2 is 2.18 bits per heavy atom. The minimum atomic E-state index is 0.102. The first-order chi connectivity index (χ1) is 13.6. The van der Waals surface area contributed by atoms with Gasteiger partial charge in [-0.25, -0.2) is 9.97 Å². The van der Waals surface area contributed by atoms with Crippen molar-refractivity contribution in [2.24, 2.45) is 7.05 Å². The van der Waals surface area contributed by atoms with Crippen LogP contribution in [0, 0.1) is 6.92 Å². The van der Waals surface area contributed by atoms with Crippen LogP contribution < -0.4 is 0 Å². The fourth-order valence-electron chi connectivity index (χ4n) is 3.83. The van der Waals surface area contributed by atoms with E-state index in [0.717, 1.165) is 43.7 Å². The molecule has 0 N–H and O–H groups in total. The highest BCUT2D eigenvalue weighted by Gasteiger charge is 2.27. The molecule has 0 spiro atoms.